The smallest absolute Gasteiger partial charge is 0.338 e. The van der Waals surface area contributed by atoms with E-state index in [-0.39, 0.29) is 12.1 Å². The molecule has 80 valence electrons. The van der Waals surface area contributed by atoms with Crippen molar-refractivity contribution in [2.45, 2.75) is 6.10 Å². The largest absolute Gasteiger partial charge is 0.454 e. The van der Waals surface area contributed by atoms with Crippen LogP contribution in [0.2, 0.25) is 0 Å². The van der Waals surface area contributed by atoms with Crippen LogP contribution in [0.1, 0.15) is 10.4 Å². The molecule has 1 aromatic carbocycles. The number of benzene rings is 1. The molecule has 0 spiro atoms. The van der Waals surface area contributed by atoms with E-state index in [0.29, 0.717) is 28.9 Å². The van der Waals surface area contributed by atoms with Crippen LogP contribution >= 0.6 is 15.9 Å². The average Bonchev–Trinajstić information content (AvgIpc) is 2.15. The highest BCUT2D eigenvalue weighted by Gasteiger charge is 2.23. The molecule has 1 saturated heterocycles. The van der Waals surface area contributed by atoms with Gasteiger partial charge in [0, 0.05) is 10.2 Å². The fourth-order valence-electron chi connectivity index (χ4n) is 1.16. The van der Waals surface area contributed by atoms with Gasteiger partial charge in [-0.15, -0.1) is 0 Å². The van der Waals surface area contributed by atoms with Gasteiger partial charge in [0.2, 0.25) is 0 Å². The summed E-state index contributed by atoms with van der Waals surface area (Å²) in [6.45, 7) is 0.976. The zero-order valence-electron chi connectivity index (χ0n) is 7.90. The predicted molar refractivity (Wildman–Crippen MR) is 58.6 cm³/mol. The van der Waals surface area contributed by atoms with Crippen LogP contribution in [0.4, 0.5) is 5.69 Å². The summed E-state index contributed by atoms with van der Waals surface area (Å²) in [7, 11) is 0. The highest BCUT2D eigenvalue weighted by Crippen LogP contribution is 2.21. The number of carbonyl (C=O) groups is 1. The minimum absolute atomic E-state index is 0.103. The minimum atomic E-state index is -0.344. The summed E-state index contributed by atoms with van der Waals surface area (Å²) in [5, 5.41) is 0. The first kappa shape index (κ1) is 10.4. The van der Waals surface area contributed by atoms with Crippen molar-refractivity contribution in [2.24, 2.45) is 0 Å². The second kappa shape index (κ2) is 4.20. The molecular formula is C10H10BrNO3. The Kier molecular flexibility index (Phi) is 2.93. The van der Waals surface area contributed by atoms with Gasteiger partial charge in [0.25, 0.3) is 0 Å². The van der Waals surface area contributed by atoms with E-state index in [0.717, 1.165) is 0 Å². The molecule has 0 aromatic heterocycles. The SMILES string of the molecule is Nc1ccc(C(=O)OC2COC2)cc1Br. The topological polar surface area (TPSA) is 61.6 Å². The normalized spacial score (nSPS) is 15.8. The Bertz CT molecular complexity index is 390. The highest BCUT2D eigenvalue weighted by molar-refractivity contribution is 9.10. The maximum Gasteiger partial charge on any atom is 0.338 e. The molecule has 0 radical (unpaired) electrons. The third-order valence-electron chi connectivity index (χ3n) is 2.12. The Balaban J connectivity index is 2.07. The van der Waals surface area contributed by atoms with Crippen molar-refractivity contribution in [3.8, 4) is 0 Å². The van der Waals surface area contributed by atoms with Gasteiger partial charge in [-0.1, -0.05) is 0 Å². The van der Waals surface area contributed by atoms with E-state index in [1.165, 1.54) is 0 Å². The maximum atomic E-state index is 11.6. The number of hydrogen-bond acceptors (Lipinski definition) is 4. The number of nitrogens with two attached hydrogens (primary N) is 1. The molecule has 5 heteroatoms. The number of esters is 1. The Morgan fingerprint density at radius 3 is 2.80 bits per heavy atom. The van der Waals surface area contributed by atoms with Gasteiger partial charge in [-0.05, 0) is 34.1 Å². The summed E-state index contributed by atoms with van der Waals surface area (Å²) in [5.41, 5.74) is 6.69. The van der Waals surface area contributed by atoms with Gasteiger partial charge < -0.3 is 15.2 Å². The van der Waals surface area contributed by atoms with Gasteiger partial charge in [-0.25, -0.2) is 4.79 Å². The van der Waals surface area contributed by atoms with Crippen LogP contribution in [-0.4, -0.2) is 25.3 Å². The van der Waals surface area contributed by atoms with E-state index < -0.39 is 0 Å². The van der Waals surface area contributed by atoms with Crippen LogP contribution in [0, 0.1) is 0 Å². The second-order valence-corrected chi connectivity index (χ2v) is 4.16. The van der Waals surface area contributed by atoms with Crippen molar-refractivity contribution >= 4 is 27.6 Å². The number of hydrogen-bond donors (Lipinski definition) is 1. The molecule has 2 rings (SSSR count). The molecule has 1 heterocycles. The molecule has 0 unspecified atom stereocenters. The van der Waals surface area contributed by atoms with E-state index in [4.69, 9.17) is 15.2 Å². The van der Waals surface area contributed by atoms with Crippen LogP contribution in [0.5, 0.6) is 0 Å². The van der Waals surface area contributed by atoms with Crippen molar-refractivity contribution in [3.63, 3.8) is 0 Å². The molecule has 0 aliphatic carbocycles. The lowest BCUT2D eigenvalue weighted by molar-refractivity contribution is -0.103. The first-order chi connectivity index (χ1) is 7.16. The molecule has 1 aromatic rings. The molecule has 0 amide bonds. The van der Waals surface area contributed by atoms with Gasteiger partial charge >= 0.3 is 5.97 Å². The number of ether oxygens (including phenoxy) is 2. The third kappa shape index (κ3) is 2.30. The molecule has 0 bridgehead atoms. The molecule has 4 nitrogen and oxygen atoms in total. The van der Waals surface area contributed by atoms with Crippen LogP contribution in [-0.2, 0) is 9.47 Å². The van der Waals surface area contributed by atoms with Crippen molar-refractivity contribution in [1.82, 2.24) is 0 Å². The molecule has 1 fully saturated rings. The summed E-state index contributed by atoms with van der Waals surface area (Å²) in [6, 6.07) is 4.96. The zero-order valence-corrected chi connectivity index (χ0v) is 9.49. The molecule has 15 heavy (non-hydrogen) atoms. The highest BCUT2D eigenvalue weighted by atomic mass is 79.9. The van der Waals surface area contributed by atoms with E-state index in [1.54, 1.807) is 18.2 Å². The fourth-order valence-corrected chi connectivity index (χ4v) is 1.53. The lowest BCUT2D eigenvalue weighted by Gasteiger charge is -2.25. The Morgan fingerprint density at radius 2 is 2.27 bits per heavy atom. The van der Waals surface area contributed by atoms with E-state index in [1.807, 2.05) is 0 Å². The van der Waals surface area contributed by atoms with Crippen molar-refractivity contribution in [2.75, 3.05) is 18.9 Å². The van der Waals surface area contributed by atoms with Crippen molar-refractivity contribution in [1.29, 1.82) is 0 Å². The average molecular weight is 272 g/mol. The Morgan fingerprint density at radius 1 is 1.53 bits per heavy atom. The second-order valence-electron chi connectivity index (χ2n) is 3.30. The van der Waals surface area contributed by atoms with E-state index in [2.05, 4.69) is 15.9 Å². The molecule has 2 N–H and O–H groups in total. The first-order valence-electron chi connectivity index (χ1n) is 4.50. The number of rotatable bonds is 2. The van der Waals surface area contributed by atoms with Crippen molar-refractivity contribution in [3.05, 3.63) is 28.2 Å². The van der Waals surface area contributed by atoms with Gasteiger partial charge in [0.15, 0.2) is 0 Å². The standard InChI is InChI=1S/C10H10BrNO3/c11-8-3-6(1-2-9(8)12)10(13)15-7-4-14-5-7/h1-3,7H,4-5,12H2. The van der Waals surface area contributed by atoms with Crippen LogP contribution < -0.4 is 5.73 Å². The zero-order chi connectivity index (χ0) is 10.8. The Labute approximate surface area is 95.5 Å². The minimum Gasteiger partial charge on any atom is -0.454 e. The van der Waals surface area contributed by atoms with Crippen LogP contribution in [0.25, 0.3) is 0 Å². The molecular weight excluding hydrogens is 262 g/mol. The third-order valence-corrected chi connectivity index (χ3v) is 2.80. The molecule has 0 saturated carbocycles. The quantitative estimate of drug-likeness (QED) is 0.656. The summed E-state index contributed by atoms with van der Waals surface area (Å²) < 4.78 is 10.7. The van der Waals surface area contributed by atoms with E-state index in [9.17, 15) is 4.79 Å². The molecule has 1 aliphatic heterocycles. The van der Waals surface area contributed by atoms with Gasteiger partial charge in [0.05, 0.1) is 18.8 Å². The summed E-state index contributed by atoms with van der Waals surface area (Å²) in [5.74, 6) is -0.344. The monoisotopic (exact) mass is 271 g/mol. The lowest BCUT2D eigenvalue weighted by atomic mass is 10.2. The summed E-state index contributed by atoms with van der Waals surface area (Å²) >= 11 is 3.25. The fraction of sp³-hybridized carbons (Fsp3) is 0.300. The van der Waals surface area contributed by atoms with Crippen molar-refractivity contribution < 1.29 is 14.3 Å². The number of carbonyl (C=O) groups excluding carboxylic acids is 1. The predicted octanol–water partition coefficient (Wildman–Crippen LogP) is 1.59. The van der Waals surface area contributed by atoms with Crippen LogP contribution in [0.15, 0.2) is 22.7 Å². The van der Waals surface area contributed by atoms with Gasteiger partial charge in [-0.2, -0.15) is 0 Å². The molecule has 0 atom stereocenters. The van der Waals surface area contributed by atoms with Gasteiger partial charge in [-0.3, -0.25) is 0 Å². The first-order valence-corrected chi connectivity index (χ1v) is 5.30. The number of nitrogen functional groups attached to an aromatic ring is 1. The number of anilines is 1. The number of halogens is 1. The Hall–Kier alpha value is -1.07. The maximum absolute atomic E-state index is 11.6. The van der Waals surface area contributed by atoms with E-state index >= 15 is 0 Å². The summed E-state index contributed by atoms with van der Waals surface area (Å²) in [4.78, 5) is 11.6. The van der Waals surface area contributed by atoms with Gasteiger partial charge in [0.1, 0.15) is 6.10 Å². The van der Waals surface area contributed by atoms with Crippen LogP contribution in [0.3, 0.4) is 0 Å². The lowest BCUT2D eigenvalue weighted by Crippen LogP contribution is -2.37. The molecule has 1 aliphatic rings. The summed E-state index contributed by atoms with van der Waals surface area (Å²) in [6.07, 6.45) is -0.103.